The molecule has 3 aliphatic rings. The average molecular weight is 518 g/mol. The lowest BCUT2D eigenvalue weighted by atomic mass is 9.89. The van der Waals surface area contributed by atoms with Gasteiger partial charge in [-0.3, -0.25) is 9.59 Å². The average Bonchev–Trinajstić information content (AvgIpc) is 3.60. The number of hydrogen-bond donors (Lipinski definition) is 2. The third kappa shape index (κ3) is 4.62. The first-order valence-electron chi connectivity index (χ1n) is 13.4. The van der Waals surface area contributed by atoms with E-state index in [4.69, 9.17) is 16.6 Å². The van der Waals surface area contributed by atoms with E-state index in [1.807, 2.05) is 0 Å². The highest BCUT2D eigenvalue weighted by Gasteiger charge is 2.49. The molecular formula is C30H32ClN3O3. The van der Waals surface area contributed by atoms with Gasteiger partial charge in [-0.25, -0.2) is 4.98 Å². The molecule has 1 atom stereocenters. The molecule has 1 aliphatic heterocycles. The number of H-pyrrole nitrogens is 1. The van der Waals surface area contributed by atoms with Crippen LogP contribution >= 0.6 is 11.6 Å². The van der Waals surface area contributed by atoms with Gasteiger partial charge in [-0.2, -0.15) is 0 Å². The van der Waals surface area contributed by atoms with Gasteiger partial charge in [-0.05, 0) is 73.3 Å². The molecule has 0 saturated heterocycles. The monoisotopic (exact) mass is 517 g/mol. The maximum atomic E-state index is 13.4. The zero-order valence-corrected chi connectivity index (χ0v) is 21.6. The minimum Gasteiger partial charge on any atom is -0.378 e. The molecule has 0 spiro atoms. The Morgan fingerprint density at radius 1 is 1.11 bits per heavy atom. The molecular weight excluding hydrogens is 486 g/mol. The summed E-state index contributed by atoms with van der Waals surface area (Å²) in [5.41, 5.74) is 3.97. The zero-order chi connectivity index (χ0) is 25.6. The molecule has 37 heavy (non-hydrogen) atoms. The molecule has 2 N–H and O–H groups in total. The number of nitrogens with one attached hydrogen (secondary N) is 1. The summed E-state index contributed by atoms with van der Waals surface area (Å²) >= 11 is 6.05. The molecule has 1 amide bonds. The largest absolute Gasteiger partial charge is 0.378 e. The first-order valence-corrected chi connectivity index (χ1v) is 13.8. The number of aryl methyl sites for hydroxylation is 1. The molecule has 6 nitrogen and oxygen atoms in total. The van der Waals surface area contributed by atoms with Crippen molar-refractivity contribution < 1.29 is 9.90 Å². The number of rotatable bonds is 5. The lowest BCUT2D eigenvalue weighted by Gasteiger charge is -2.24. The van der Waals surface area contributed by atoms with Crippen molar-refractivity contribution in [3.8, 4) is 0 Å². The summed E-state index contributed by atoms with van der Waals surface area (Å²) in [7, 11) is 0. The van der Waals surface area contributed by atoms with E-state index in [0.717, 1.165) is 24.4 Å². The molecule has 0 radical (unpaired) electrons. The number of carbonyl (C=O) groups excluding carboxylic acids is 1. The molecule has 6 rings (SSSR count). The number of aliphatic hydroxyl groups excluding tert-OH is 1. The molecule has 192 valence electrons. The van der Waals surface area contributed by atoms with Gasteiger partial charge in [-0.15, -0.1) is 0 Å². The highest BCUT2D eigenvalue weighted by molar-refractivity contribution is 6.30. The molecule has 1 aromatic heterocycles. The first kappa shape index (κ1) is 24.4. The third-order valence-corrected chi connectivity index (χ3v) is 8.71. The predicted octanol–water partition coefficient (Wildman–Crippen LogP) is 5.17. The van der Waals surface area contributed by atoms with Crippen molar-refractivity contribution in [1.82, 2.24) is 14.9 Å². The quantitative estimate of drug-likeness (QED) is 0.489. The molecule has 3 aromatic rings. The van der Waals surface area contributed by atoms with Crippen LogP contribution < -0.4 is 5.56 Å². The van der Waals surface area contributed by atoms with Gasteiger partial charge in [0.15, 0.2) is 6.10 Å². The second kappa shape index (κ2) is 9.73. The second-order valence-corrected chi connectivity index (χ2v) is 11.3. The summed E-state index contributed by atoms with van der Waals surface area (Å²) in [6.07, 6.45) is 7.04. The Kier molecular flexibility index (Phi) is 6.41. The van der Waals surface area contributed by atoms with E-state index in [9.17, 15) is 14.7 Å². The Bertz CT molecular complexity index is 1390. The van der Waals surface area contributed by atoms with Crippen molar-refractivity contribution in [2.24, 2.45) is 0 Å². The standard InChI is InChI=1S/C30H32ClN3O3/c31-23-11-4-9-21(17-23)26(35)28(37)34-15-5-12-25-24(18-34)27(36)33-29(32-25)30(13-14-30)22-10-3-8-20(16-22)19-6-1-2-7-19/h3-4,8-11,16-17,19,26,35H,1-2,5-7,12-15,18H2,(H,32,33,36)/t26-/m1/s1. The van der Waals surface area contributed by atoms with E-state index in [1.54, 1.807) is 29.2 Å². The normalized spacial score (nSPS) is 19.8. The van der Waals surface area contributed by atoms with Gasteiger partial charge in [0, 0.05) is 11.6 Å². The SMILES string of the molecule is O=C([C@H](O)c1cccc(Cl)c1)N1CCCc2nc(C3(c4cccc(C5CCCC5)c4)CC3)[nH]c(=O)c2C1. The highest BCUT2D eigenvalue weighted by atomic mass is 35.5. The maximum Gasteiger partial charge on any atom is 0.256 e. The van der Waals surface area contributed by atoms with E-state index < -0.39 is 12.0 Å². The van der Waals surface area contributed by atoms with Crippen LogP contribution in [0.2, 0.25) is 5.02 Å². The van der Waals surface area contributed by atoms with E-state index >= 15 is 0 Å². The Labute approximate surface area is 221 Å². The number of nitrogens with zero attached hydrogens (tertiary/aromatic N) is 2. The van der Waals surface area contributed by atoms with Gasteiger partial charge in [0.2, 0.25) is 0 Å². The van der Waals surface area contributed by atoms with Crippen LogP contribution in [0.5, 0.6) is 0 Å². The minimum atomic E-state index is -1.33. The number of benzene rings is 2. The fourth-order valence-corrected chi connectivity index (χ4v) is 6.36. The summed E-state index contributed by atoms with van der Waals surface area (Å²) < 4.78 is 0. The van der Waals surface area contributed by atoms with Crippen LogP contribution in [0.3, 0.4) is 0 Å². The molecule has 7 heteroatoms. The molecule has 2 aliphatic carbocycles. The lowest BCUT2D eigenvalue weighted by molar-refractivity contribution is -0.141. The van der Waals surface area contributed by atoms with Crippen molar-refractivity contribution in [2.75, 3.05) is 6.54 Å². The fraction of sp³-hybridized carbons (Fsp3) is 0.433. The number of fused-ring (bicyclic) bond motifs is 1. The lowest BCUT2D eigenvalue weighted by Crippen LogP contribution is -2.36. The van der Waals surface area contributed by atoms with E-state index in [1.165, 1.54) is 36.8 Å². The second-order valence-electron chi connectivity index (χ2n) is 10.8. The van der Waals surface area contributed by atoms with Gasteiger partial charge in [0.25, 0.3) is 11.5 Å². The smallest absolute Gasteiger partial charge is 0.256 e. The van der Waals surface area contributed by atoms with Crippen LogP contribution in [0.15, 0.2) is 53.3 Å². The summed E-state index contributed by atoms with van der Waals surface area (Å²) in [6.45, 7) is 0.592. The number of aromatic nitrogens is 2. The summed E-state index contributed by atoms with van der Waals surface area (Å²) in [5.74, 6) is 0.958. The molecule has 0 unspecified atom stereocenters. The van der Waals surface area contributed by atoms with Crippen LogP contribution in [-0.4, -0.2) is 32.4 Å². The summed E-state index contributed by atoms with van der Waals surface area (Å²) in [6, 6.07) is 15.6. The fourth-order valence-electron chi connectivity index (χ4n) is 6.17. The Morgan fingerprint density at radius 2 is 1.89 bits per heavy atom. The molecule has 2 aromatic carbocycles. The number of carbonyl (C=O) groups is 1. The Morgan fingerprint density at radius 3 is 2.65 bits per heavy atom. The molecule has 2 fully saturated rings. The van der Waals surface area contributed by atoms with Crippen LogP contribution in [0.1, 0.15) is 90.7 Å². The van der Waals surface area contributed by atoms with Crippen LogP contribution in [-0.2, 0) is 23.2 Å². The van der Waals surface area contributed by atoms with Gasteiger partial charge in [-0.1, -0.05) is 60.8 Å². The molecule has 0 bridgehead atoms. The number of aliphatic hydroxyl groups is 1. The van der Waals surface area contributed by atoms with Gasteiger partial charge in [0.1, 0.15) is 5.82 Å². The Balaban J connectivity index is 1.27. The minimum absolute atomic E-state index is 0.137. The topological polar surface area (TPSA) is 86.3 Å². The first-order chi connectivity index (χ1) is 17.9. The van der Waals surface area contributed by atoms with E-state index in [2.05, 4.69) is 29.2 Å². The number of hydrogen-bond acceptors (Lipinski definition) is 4. The van der Waals surface area contributed by atoms with E-state index in [0.29, 0.717) is 41.5 Å². The molecule has 2 saturated carbocycles. The zero-order valence-electron chi connectivity index (χ0n) is 20.9. The molecule has 2 heterocycles. The number of aromatic amines is 1. The third-order valence-electron chi connectivity index (χ3n) is 8.47. The van der Waals surface area contributed by atoms with Gasteiger partial charge >= 0.3 is 0 Å². The van der Waals surface area contributed by atoms with Crippen molar-refractivity contribution >= 4 is 17.5 Å². The Hall–Kier alpha value is -2.96. The predicted molar refractivity (Wildman–Crippen MR) is 143 cm³/mol. The van der Waals surface area contributed by atoms with Crippen molar-refractivity contribution in [3.05, 3.63) is 97.7 Å². The maximum absolute atomic E-state index is 13.4. The van der Waals surface area contributed by atoms with Crippen molar-refractivity contribution in [1.29, 1.82) is 0 Å². The van der Waals surface area contributed by atoms with E-state index in [-0.39, 0.29) is 17.5 Å². The van der Waals surface area contributed by atoms with Gasteiger partial charge in [0.05, 0.1) is 23.2 Å². The number of amides is 1. The van der Waals surface area contributed by atoms with Crippen LogP contribution in [0, 0.1) is 0 Å². The summed E-state index contributed by atoms with van der Waals surface area (Å²) in [5, 5.41) is 11.2. The van der Waals surface area contributed by atoms with Gasteiger partial charge < -0.3 is 15.0 Å². The highest BCUT2D eigenvalue weighted by Crippen LogP contribution is 2.52. The van der Waals surface area contributed by atoms with Crippen LogP contribution in [0.4, 0.5) is 0 Å². The van der Waals surface area contributed by atoms with Crippen molar-refractivity contribution in [2.45, 2.75) is 75.3 Å². The van der Waals surface area contributed by atoms with Crippen LogP contribution in [0.25, 0.3) is 0 Å². The number of halogens is 1. The van der Waals surface area contributed by atoms with Crippen molar-refractivity contribution in [3.63, 3.8) is 0 Å². The summed E-state index contributed by atoms with van der Waals surface area (Å²) in [4.78, 5) is 36.2.